The summed E-state index contributed by atoms with van der Waals surface area (Å²) in [5, 5.41) is 6.57. The van der Waals surface area contributed by atoms with Crippen LogP contribution in [0, 0.1) is 6.92 Å². The van der Waals surface area contributed by atoms with Gasteiger partial charge >= 0.3 is 0 Å². The molecule has 2 rings (SSSR count). The van der Waals surface area contributed by atoms with Gasteiger partial charge in [0.05, 0.1) is 16.8 Å². The Hall–Kier alpha value is -1.10. The summed E-state index contributed by atoms with van der Waals surface area (Å²) >= 11 is 6.06. The van der Waals surface area contributed by atoms with Gasteiger partial charge in [0.2, 0.25) is 5.91 Å². The second-order valence-electron chi connectivity index (χ2n) is 4.79. The predicted octanol–water partition coefficient (Wildman–Crippen LogP) is 2.36. The van der Waals surface area contributed by atoms with Crippen LogP contribution in [0.4, 0.5) is 5.69 Å². The van der Waals surface area contributed by atoms with Crippen molar-refractivity contribution in [3.63, 3.8) is 0 Å². The number of anilines is 1. The van der Waals surface area contributed by atoms with E-state index in [-0.39, 0.29) is 18.6 Å². The predicted molar refractivity (Wildman–Crippen MR) is 76.7 cm³/mol. The lowest BCUT2D eigenvalue weighted by Crippen LogP contribution is -2.34. The molecule has 0 aromatic heterocycles. The Bertz CT molecular complexity index is 445. The fraction of sp³-hybridized carbons (Fsp3) is 0.500. The van der Waals surface area contributed by atoms with Gasteiger partial charge in [-0.2, -0.15) is 0 Å². The van der Waals surface area contributed by atoms with Crippen molar-refractivity contribution in [3.05, 3.63) is 28.8 Å². The molecule has 0 aliphatic carbocycles. The number of nitrogens with one attached hydrogen (secondary N) is 2. The second kappa shape index (κ2) is 6.89. The van der Waals surface area contributed by atoms with Gasteiger partial charge in [-0.25, -0.2) is 0 Å². The summed E-state index contributed by atoms with van der Waals surface area (Å²) in [5.74, 6) is -0.163. The molecule has 1 aromatic rings. The molecule has 1 aliphatic rings. The Morgan fingerprint density at radius 2 is 2.21 bits per heavy atom. The zero-order chi connectivity index (χ0) is 13.7. The van der Waals surface area contributed by atoms with Crippen molar-refractivity contribution in [1.82, 2.24) is 5.32 Å². The maximum absolute atomic E-state index is 11.8. The summed E-state index contributed by atoms with van der Waals surface area (Å²) in [7, 11) is 0. The first-order valence-corrected chi connectivity index (χ1v) is 6.91. The molecular weight excluding hydrogens is 264 g/mol. The molecule has 4 nitrogen and oxygen atoms in total. The van der Waals surface area contributed by atoms with Crippen molar-refractivity contribution in [1.29, 1.82) is 0 Å². The fourth-order valence-electron chi connectivity index (χ4n) is 2.06. The first kappa shape index (κ1) is 14.3. The van der Waals surface area contributed by atoms with Crippen LogP contribution in [0.5, 0.6) is 0 Å². The average Bonchev–Trinajstić information content (AvgIpc) is 2.41. The van der Waals surface area contributed by atoms with E-state index in [0.29, 0.717) is 10.7 Å². The van der Waals surface area contributed by atoms with Crippen LogP contribution in [0.25, 0.3) is 0 Å². The number of halogens is 1. The van der Waals surface area contributed by atoms with Gasteiger partial charge in [0.1, 0.15) is 6.61 Å². The molecule has 19 heavy (non-hydrogen) atoms. The van der Waals surface area contributed by atoms with Crippen LogP contribution in [-0.4, -0.2) is 31.7 Å². The monoisotopic (exact) mass is 282 g/mol. The minimum atomic E-state index is -0.163. The topological polar surface area (TPSA) is 50.4 Å². The highest BCUT2D eigenvalue weighted by Crippen LogP contribution is 2.22. The second-order valence-corrected chi connectivity index (χ2v) is 5.20. The molecule has 1 fully saturated rings. The van der Waals surface area contributed by atoms with Crippen molar-refractivity contribution in [2.75, 3.05) is 25.0 Å². The lowest BCUT2D eigenvalue weighted by Gasteiger charge is -2.22. The molecule has 0 saturated carbocycles. The number of hydrogen-bond acceptors (Lipinski definition) is 3. The molecule has 1 heterocycles. The number of ether oxygens (including phenoxy) is 1. The molecule has 0 unspecified atom stereocenters. The third-order valence-electron chi connectivity index (χ3n) is 3.13. The minimum absolute atomic E-state index is 0.0782. The average molecular weight is 283 g/mol. The van der Waals surface area contributed by atoms with E-state index in [1.165, 1.54) is 0 Å². The van der Waals surface area contributed by atoms with E-state index in [1.807, 2.05) is 19.1 Å². The number of piperidine rings is 1. The number of aryl methyl sites for hydroxylation is 1. The van der Waals surface area contributed by atoms with E-state index in [9.17, 15) is 4.79 Å². The Morgan fingerprint density at radius 1 is 1.47 bits per heavy atom. The minimum Gasteiger partial charge on any atom is -0.368 e. The highest BCUT2D eigenvalue weighted by molar-refractivity contribution is 6.33. The maximum atomic E-state index is 11.8. The lowest BCUT2D eigenvalue weighted by molar-refractivity contribution is -0.123. The summed E-state index contributed by atoms with van der Waals surface area (Å²) in [4.78, 5) is 11.8. The Morgan fingerprint density at radius 3 is 2.89 bits per heavy atom. The van der Waals surface area contributed by atoms with Gasteiger partial charge in [0.15, 0.2) is 0 Å². The van der Waals surface area contributed by atoms with Crippen LogP contribution in [0.3, 0.4) is 0 Å². The molecule has 1 aromatic carbocycles. The van der Waals surface area contributed by atoms with E-state index in [4.69, 9.17) is 16.3 Å². The molecule has 0 spiro atoms. The van der Waals surface area contributed by atoms with E-state index in [0.717, 1.165) is 31.5 Å². The first-order chi connectivity index (χ1) is 9.15. The standard InChI is InChI=1S/C14H19ClN2O2/c1-10-2-3-13(12(15)8-10)17-14(18)9-19-11-4-6-16-7-5-11/h2-3,8,11,16H,4-7,9H2,1H3,(H,17,18). The van der Waals surface area contributed by atoms with Crippen LogP contribution >= 0.6 is 11.6 Å². The number of amides is 1. The van der Waals surface area contributed by atoms with Gasteiger partial charge in [-0.15, -0.1) is 0 Å². The molecule has 0 atom stereocenters. The van der Waals surface area contributed by atoms with Crippen LogP contribution in [0.1, 0.15) is 18.4 Å². The van der Waals surface area contributed by atoms with Crippen LogP contribution in [0.15, 0.2) is 18.2 Å². The smallest absolute Gasteiger partial charge is 0.250 e. The number of carbonyl (C=O) groups excluding carboxylic acids is 1. The zero-order valence-electron chi connectivity index (χ0n) is 11.0. The summed E-state index contributed by atoms with van der Waals surface area (Å²) in [6.45, 7) is 3.94. The molecule has 1 amide bonds. The van der Waals surface area contributed by atoms with E-state index >= 15 is 0 Å². The molecule has 0 bridgehead atoms. The Labute approximate surface area is 118 Å². The van der Waals surface area contributed by atoms with Crippen molar-refractivity contribution < 1.29 is 9.53 Å². The third-order valence-corrected chi connectivity index (χ3v) is 3.45. The summed E-state index contributed by atoms with van der Waals surface area (Å²) in [5.41, 5.74) is 1.69. The van der Waals surface area contributed by atoms with Gasteiger partial charge in [-0.1, -0.05) is 17.7 Å². The van der Waals surface area contributed by atoms with Gasteiger partial charge < -0.3 is 15.4 Å². The lowest BCUT2D eigenvalue weighted by atomic mass is 10.1. The van der Waals surface area contributed by atoms with Crippen molar-refractivity contribution in [2.24, 2.45) is 0 Å². The zero-order valence-corrected chi connectivity index (χ0v) is 11.8. The molecule has 5 heteroatoms. The Balaban J connectivity index is 1.80. The highest BCUT2D eigenvalue weighted by Gasteiger charge is 2.15. The number of benzene rings is 1. The molecule has 0 radical (unpaired) electrons. The van der Waals surface area contributed by atoms with Crippen molar-refractivity contribution in [3.8, 4) is 0 Å². The maximum Gasteiger partial charge on any atom is 0.250 e. The third kappa shape index (κ3) is 4.49. The van der Waals surface area contributed by atoms with E-state index < -0.39 is 0 Å². The van der Waals surface area contributed by atoms with Crippen LogP contribution in [-0.2, 0) is 9.53 Å². The first-order valence-electron chi connectivity index (χ1n) is 6.53. The van der Waals surface area contributed by atoms with Gasteiger partial charge in [-0.3, -0.25) is 4.79 Å². The largest absolute Gasteiger partial charge is 0.368 e. The number of rotatable bonds is 4. The van der Waals surface area contributed by atoms with Crippen molar-refractivity contribution in [2.45, 2.75) is 25.9 Å². The normalized spacial score (nSPS) is 16.3. The molecule has 1 aliphatic heterocycles. The quantitative estimate of drug-likeness (QED) is 0.891. The van der Waals surface area contributed by atoms with E-state index in [2.05, 4.69) is 10.6 Å². The van der Waals surface area contributed by atoms with Gasteiger partial charge in [-0.05, 0) is 50.6 Å². The number of carbonyl (C=O) groups is 1. The molecular formula is C14H19ClN2O2. The highest BCUT2D eigenvalue weighted by atomic mass is 35.5. The Kier molecular flexibility index (Phi) is 5.19. The van der Waals surface area contributed by atoms with Gasteiger partial charge in [0.25, 0.3) is 0 Å². The summed E-state index contributed by atoms with van der Waals surface area (Å²) in [6, 6.07) is 5.54. The number of hydrogen-bond donors (Lipinski definition) is 2. The van der Waals surface area contributed by atoms with Crippen molar-refractivity contribution >= 4 is 23.2 Å². The fourth-order valence-corrected chi connectivity index (χ4v) is 2.35. The van der Waals surface area contributed by atoms with Crippen LogP contribution in [0.2, 0.25) is 5.02 Å². The molecule has 2 N–H and O–H groups in total. The van der Waals surface area contributed by atoms with Gasteiger partial charge in [0, 0.05) is 0 Å². The SMILES string of the molecule is Cc1ccc(NC(=O)COC2CCNCC2)c(Cl)c1. The van der Waals surface area contributed by atoms with Crippen LogP contribution < -0.4 is 10.6 Å². The van der Waals surface area contributed by atoms with E-state index in [1.54, 1.807) is 6.07 Å². The molecule has 104 valence electrons. The molecule has 1 saturated heterocycles. The summed E-state index contributed by atoms with van der Waals surface area (Å²) in [6.07, 6.45) is 2.09. The summed E-state index contributed by atoms with van der Waals surface area (Å²) < 4.78 is 5.59.